The Hall–Kier alpha value is -1.63. The highest BCUT2D eigenvalue weighted by atomic mass is 16.5. The molecule has 0 radical (unpaired) electrons. The summed E-state index contributed by atoms with van der Waals surface area (Å²) in [4.78, 5) is 36.9. The molecule has 2 atom stereocenters. The fraction of sp³-hybridized carbons (Fsp3) is 0.750. The molecule has 2 aliphatic heterocycles. The summed E-state index contributed by atoms with van der Waals surface area (Å²) in [7, 11) is 0. The lowest BCUT2D eigenvalue weighted by molar-refractivity contribution is -0.156. The smallest absolute Gasteiger partial charge is 0.330 e. The average molecular weight is 269 g/mol. The van der Waals surface area contributed by atoms with Crippen LogP contribution in [0.3, 0.4) is 0 Å². The normalized spacial score (nSPS) is 27.0. The Morgan fingerprint density at radius 3 is 2.89 bits per heavy atom. The minimum Gasteiger partial charge on any atom is -0.464 e. The molecule has 7 nitrogen and oxygen atoms in total. The lowest BCUT2D eigenvalue weighted by Gasteiger charge is -2.35. The number of hydrogen-bond acceptors (Lipinski definition) is 5. The second kappa shape index (κ2) is 6.01. The fourth-order valence-electron chi connectivity index (χ4n) is 2.42. The number of ether oxygens (including phenoxy) is 1. The van der Waals surface area contributed by atoms with E-state index in [1.807, 2.05) is 0 Å². The summed E-state index contributed by atoms with van der Waals surface area (Å²) in [5.74, 6) is -0.695. The molecule has 2 amide bonds. The molecule has 0 aromatic rings. The Labute approximate surface area is 111 Å². The summed E-state index contributed by atoms with van der Waals surface area (Å²) in [5, 5.41) is 5.72. The Bertz CT molecular complexity index is 385. The molecule has 19 heavy (non-hydrogen) atoms. The van der Waals surface area contributed by atoms with Gasteiger partial charge in [-0.15, -0.1) is 0 Å². The van der Waals surface area contributed by atoms with Gasteiger partial charge >= 0.3 is 5.97 Å². The van der Waals surface area contributed by atoms with E-state index in [0.717, 1.165) is 0 Å². The van der Waals surface area contributed by atoms with E-state index in [-0.39, 0.29) is 18.4 Å². The lowest BCUT2D eigenvalue weighted by atomic mass is 10.1. The molecule has 2 N–H and O–H groups in total. The molecule has 2 fully saturated rings. The highest BCUT2D eigenvalue weighted by molar-refractivity contribution is 5.93. The molecule has 2 heterocycles. The van der Waals surface area contributed by atoms with Gasteiger partial charge in [0.05, 0.1) is 6.61 Å². The first-order valence-corrected chi connectivity index (χ1v) is 6.60. The SMILES string of the molecule is CCOC(=O)C1CNCCN1C(=O)C1CCC(=O)N1. The van der Waals surface area contributed by atoms with Crippen molar-refractivity contribution < 1.29 is 19.1 Å². The molecule has 0 aromatic carbocycles. The number of piperazine rings is 1. The molecule has 2 rings (SSSR count). The third-order valence-electron chi connectivity index (χ3n) is 3.38. The maximum atomic E-state index is 12.3. The van der Waals surface area contributed by atoms with E-state index in [1.165, 1.54) is 4.90 Å². The van der Waals surface area contributed by atoms with Crippen LogP contribution in [0.5, 0.6) is 0 Å². The predicted octanol–water partition coefficient (Wildman–Crippen LogP) is -1.37. The van der Waals surface area contributed by atoms with Crippen molar-refractivity contribution in [3.05, 3.63) is 0 Å². The van der Waals surface area contributed by atoms with Gasteiger partial charge in [-0.25, -0.2) is 4.79 Å². The van der Waals surface area contributed by atoms with E-state index in [2.05, 4.69) is 10.6 Å². The topological polar surface area (TPSA) is 87.7 Å². The molecule has 0 saturated carbocycles. The van der Waals surface area contributed by atoms with Crippen LogP contribution in [0.4, 0.5) is 0 Å². The van der Waals surface area contributed by atoms with Crippen LogP contribution in [0.15, 0.2) is 0 Å². The van der Waals surface area contributed by atoms with Gasteiger partial charge in [-0.2, -0.15) is 0 Å². The third kappa shape index (κ3) is 3.04. The first-order valence-electron chi connectivity index (χ1n) is 6.60. The molecule has 2 saturated heterocycles. The van der Waals surface area contributed by atoms with Gasteiger partial charge in [0.2, 0.25) is 11.8 Å². The van der Waals surface area contributed by atoms with E-state index in [9.17, 15) is 14.4 Å². The van der Waals surface area contributed by atoms with Gasteiger partial charge in [-0.05, 0) is 13.3 Å². The Morgan fingerprint density at radius 2 is 2.26 bits per heavy atom. The molecule has 0 aliphatic carbocycles. The summed E-state index contributed by atoms with van der Waals surface area (Å²) in [6, 6.07) is -1.10. The van der Waals surface area contributed by atoms with Gasteiger partial charge in [0.25, 0.3) is 0 Å². The number of carbonyl (C=O) groups is 3. The number of hydrogen-bond donors (Lipinski definition) is 2. The van der Waals surface area contributed by atoms with Crippen molar-refractivity contribution >= 4 is 17.8 Å². The van der Waals surface area contributed by atoms with Gasteiger partial charge in [0.1, 0.15) is 12.1 Å². The van der Waals surface area contributed by atoms with Crippen LogP contribution in [0.1, 0.15) is 19.8 Å². The monoisotopic (exact) mass is 269 g/mol. The van der Waals surface area contributed by atoms with Crippen molar-refractivity contribution in [1.82, 2.24) is 15.5 Å². The zero-order chi connectivity index (χ0) is 13.8. The van der Waals surface area contributed by atoms with Crippen LogP contribution < -0.4 is 10.6 Å². The number of nitrogens with one attached hydrogen (secondary N) is 2. The number of rotatable bonds is 3. The molecule has 106 valence electrons. The second-order valence-corrected chi connectivity index (χ2v) is 4.66. The summed E-state index contributed by atoms with van der Waals surface area (Å²) in [5.41, 5.74) is 0. The average Bonchev–Trinajstić information content (AvgIpc) is 2.85. The van der Waals surface area contributed by atoms with E-state index in [0.29, 0.717) is 32.5 Å². The summed E-state index contributed by atoms with van der Waals surface area (Å²) >= 11 is 0. The van der Waals surface area contributed by atoms with Crippen LogP contribution in [-0.4, -0.2) is 61.0 Å². The van der Waals surface area contributed by atoms with Crippen LogP contribution in [0, 0.1) is 0 Å². The van der Waals surface area contributed by atoms with Gasteiger partial charge in [0.15, 0.2) is 0 Å². The second-order valence-electron chi connectivity index (χ2n) is 4.66. The molecule has 0 bridgehead atoms. The molecular formula is C12H19N3O4. The quantitative estimate of drug-likeness (QED) is 0.617. The molecule has 2 unspecified atom stereocenters. The molecule has 0 aromatic heterocycles. The van der Waals surface area contributed by atoms with Crippen LogP contribution in [0.25, 0.3) is 0 Å². The van der Waals surface area contributed by atoms with E-state index < -0.39 is 18.1 Å². The van der Waals surface area contributed by atoms with Crippen LogP contribution >= 0.6 is 0 Å². The van der Waals surface area contributed by atoms with Crippen LogP contribution in [0.2, 0.25) is 0 Å². The summed E-state index contributed by atoms with van der Waals surface area (Å²) in [6.45, 7) is 3.51. The van der Waals surface area contributed by atoms with Crippen molar-refractivity contribution in [2.45, 2.75) is 31.8 Å². The third-order valence-corrected chi connectivity index (χ3v) is 3.38. The van der Waals surface area contributed by atoms with Gasteiger partial charge < -0.3 is 20.3 Å². The number of carbonyl (C=O) groups excluding carboxylic acids is 3. The fourth-order valence-corrected chi connectivity index (χ4v) is 2.42. The minimum absolute atomic E-state index is 0.110. The molecule has 7 heteroatoms. The van der Waals surface area contributed by atoms with Gasteiger partial charge in [-0.3, -0.25) is 9.59 Å². The Kier molecular flexibility index (Phi) is 4.36. The Morgan fingerprint density at radius 1 is 1.47 bits per heavy atom. The van der Waals surface area contributed by atoms with E-state index in [4.69, 9.17) is 4.74 Å². The van der Waals surface area contributed by atoms with Gasteiger partial charge in [0, 0.05) is 26.1 Å². The first kappa shape index (κ1) is 13.8. The lowest BCUT2D eigenvalue weighted by Crippen LogP contribution is -2.60. The molecule has 0 spiro atoms. The minimum atomic E-state index is -0.598. The molecular weight excluding hydrogens is 250 g/mol. The van der Waals surface area contributed by atoms with Crippen molar-refractivity contribution in [1.29, 1.82) is 0 Å². The van der Waals surface area contributed by atoms with Crippen LogP contribution in [-0.2, 0) is 19.1 Å². The standard InChI is InChI=1S/C12H19N3O4/c1-2-19-12(18)9-7-13-5-6-15(9)11(17)8-3-4-10(16)14-8/h8-9,13H,2-7H2,1H3,(H,14,16). The van der Waals surface area contributed by atoms with Crippen molar-refractivity contribution in [3.63, 3.8) is 0 Å². The van der Waals surface area contributed by atoms with E-state index >= 15 is 0 Å². The van der Waals surface area contributed by atoms with E-state index in [1.54, 1.807) is 6.92 Å². The number of esters is 1. The summed E-state index contributed by atoms with van der Waals surface area (Å²) in [6.07, 6.45) is 0.865. The molecule has 2 aliphatic rings. The highest BCUT2D eigenvalue weighted by Gasteiger charge is 2.38. The summed E-state index contributed by atoms with van der Waals surface area (Å²) < 4.78 is 4.99. The first-order chi connectivity index (χ1) is 9.13. The van der Waals surface area contributed by atoms with Crippen molar-refractivity contribution in [2.24, 2.45) is 0 Å². The highest BCUT2D eigenvalue weighted by Crippen LogP contribution is 2.14. The van der Waals surface area contributed by atoms with Gasteiger partial charge in [-0.1, -0.05) is 0 Å². The maximum absolute atomic E-state index is 12.3. The zero-order valence-electron chi connectivity index (χ0n) is 11.0. The largest absolute Gasteiger partial charge is 0.464 e. The van der Waals surface area contributed by atoms with Crippen molar-refractivity contribution in [3.8, 4) is 0 Å². The Balaban J connectivity index is 2.04. The zero-order valence-corrected chi connectivity index (χ0v) is 11.0. The van der Waals surface area contributed by atoms with Crippen molar-refractivity contribution in [2.75, 3.05) is 26.2 Å². The number of nitrogens with zero attached hydrogens (tertiary/aromatic N) is 1. The maximum Gasteiger partial charge on any atom is 0.330 e. The predicted molar refractivity (Wildman–Crippen MR) is 66.2 cm³/mol. The number of amides is 2.